The van der Waals surface area contributed by atoms with Crippen molar-refractivity contribution in [3.05, 3.63) is 30.6 Å². The first kappa shape index (κ1) is 15.1. The maximum atomic E-state index is 12.9. The summed E-state index contributed by atoms with van der Waals surface area (Å²) in [5.74, 6) is -1.05. The second-order valence-electron chi connectivity index (χ2n) is 6.70. The molecule has 0 radical (unpaired) electrons. The fourth-order valence-corrected chi connectivity index (χ4v) is 4.29. The second-order valence-corrected chi connectivity index (χ2v) is 6.70. The van der Waals surface area contributed by atoms with Crippen molar-refractivity contribution in [1.29, 1.82) is 0 Å². The summed E-state index contributed by atoms with van der Waals surface area (Å²) in [4.78, 5) is 36.9. The SMILES string of the molecule is O=C(O)[C@@H]1[C@H](C(=O)N2CCN(c3ncccn3)CC2)[C@H]2C=C[C@@H]1C2. The fourth-order valence-electron chi connectivity index (χ4n) is 4.29. The minimum absolute atomic E-state index is 0.00659. The van der Waals surface area contributed by atoms with Crippen LogP contribution >= 0.6 is 0 Å². The molecule has 4 atom stereocenters. The lowest BCUT2D eigenvalue weighted by Crippen LogP contribution is -2.52. The zero-order chi connectivity index (χ0) is 16.7. The molecule has 1 aliphatic heterocycles. The van der Waals surface area contributed by atoms with Crippen LogP contribution in [0.2, 0.25) is 0 Å². The van der Waals surface area contributed by atoms with E-state index in [0.29, 0.717) is 32.1 Å². The highest BCUT2D eigenvalue weighted by atomic mass is 16.4. The number of hydrogen-bond acceptors (Lipinski definition) is 5. The van der Waals surface area contributed by atoms with Crippen LogP contribution in [0.4, 0.5) is 5.95 Å². The number of nitrogens with zero attached hydrogens (tertiary/aromatic N) is 4. The quantitative estimate of drug-likeness (QED) is 0.820. The number of fused-ring (bicyclic) bond motifs is 2. The summed E-state index contributed by atoms with van der Waals surface area (Å²) < 4.78 is 0. The van der Waals surface area contributed by atoms with Gasteiger partial charge in [0, 0.05) is 38.6 Å². The molecule has 2 bridgehead atoms. The molecule has 4 rings (SSSR count). The molecule has 3 aliphatic rings. The number of carbonyl (C=O) groups is 2. The third-order valence-electron chi connectivity index (χ3n) is 5.46. The zero-order valence-corrected chi connectivity index (χ0v) is 13.3. The summed E-state index contributed by atoms with van der Waals surface area (Å²) in [5, 5.41) is 9.51. The first-order valence-electron chi connectivity index (χ1n) is 8.37. The minimum atomic E-state index is -0.846. The number of carboxylic acid groups (broad SMARTS) is 1. The van der Waals surface area contributed by atoms with E-state index in [0.717, 1.165) is 6.42 Å². The number of hydrogen-bond donors (Lipinski definition) is 1. The fraction of sp³-hybridized carbons (Fsp3) is 0.529. The third kappa shape index (κ3) is 2.44. The van der Waals surface area contributed by atoms with Crippen molar-refractivity contribution in [2.24, 2.45) is 23.7 Å². The van der Waals surface area contributed by atoms with E-state index in [1.54, 1.807) is 18.5 Å². The van der Waals surface area contributed by atoms with Crippen LogP contribution in [0.25, 0.3) is 0 Å². The Morgan fingerprint density at radius 2 is 1.62 bits per heavy atom. The van der Waals surface area contributed by atoms with Gasteiger partial charge in [0.15, 0.2) is 0 Å². The Hall–Kier alpha value is -2.44. The maximum absolute atomic E-state index is 12.9. The maximum Gasteiger partial charge on any atom is 0.307 e. The molecule has 7 nitrogen and oxygen atoms in total. The second kappa shape index (κ2) is 5.89. The molecule has 0 aromatic carbocycles. The molecule has 2 heterocycles. The van der Waals surface area contributed by atoms with Crippen LogP contribution in [0.15, 0.2) is 30.6 Å². The minimum Gasteiger partial charge on any atom is -0.481 e. The summed E-state index contributed by atoms with van der Waals surface area (Å²) in [6.07, 6.45) is 8.21. The van der Waals surface area contributed by atoms with Gasteiger partial charge in [-0.2, -0.15) is 0 Å². The van der Waals surface area contributed by atoms with E-state index in [4.69, 9.17) is 0 Å². The van der Waals surface area contributed by atoms with E-state index in [9.17, 15) is 14.7 Å². The van der Waals surface area contributed by atoms with Crippen molar-refractivity contribution in [1.82, 2.24) is 14.9 Å². The Kier molecular flexibility index (Phi) is 3.70. The van der Waals surface area contributed by atoms with E-state index < -0.39 is 17.8 Å². The number of aliphatic carboxylic acids is 1. The lowest BCUT2D eigenvalue weighted by molar-refractivity contribution is -0.151. The number of carbonyl (C=O) groups excluding carboxylic acids is 1. The molecule has 126 valence electrons. The highest BCUT2D eigenvalue weighted by molar-refractivity contribution is 5.87. The van der Waals surface area contributed by atoms with E-state index in [1.807, 2.05) is 17.1 Å². The van der Waals surface area contributed by atoms with Crippen molar-refractivity contribution in [3.63, 3.8) is 0 Å². The van der Waals surface area contributed by atoms with Crippen molar-refractivity contribution >= 4 is 17.8 Å². The van der Waals surface area contributed by atoms with Crippen LogP contribution in [0.5, 0.6) is 0 Å². The highest BCUT2D eigenvalue weighted by Crippen LogP contribution is 2.48. The van der Waals surface area contributed by atoms with E-state index >= 15 is 0 Å². The predicted octanol–water partition coefficient (Wildman–Crippen LogP) is 0.648. The molecule has 2 fully saturated rings. The van der Waals surface area contributed by atoms with Crippen LogP contribution in [0.3, 0.4) is 0 Å². The largest absolute Gasteiger partial charge is 0.481 e. The van der Waals surface area contributed by atoms with Crippen LogP contribution in [0.1, 0.15) is 6.42 Å². The van der Waals surface area contributed by atoms with Gasteiger partial charge < -0.3 is 14.9 Å². The van der Waals surface area contributed by atoms with Gasteiger partial charge in [0.1, 0.15) is 0 Å². The zero-order valence-electron chi connectivity index (χ0n) is 13.3. The van der Waals surface area contributed by atoms with Gasteiger partial charge in [0.2, 0.25) is 11.9 Å². The van der Waals surface area contributed by atoms with E-state index in [-0.39, 0.29) is 17.7 Å². The Balaban J connectivity index is 1.43. The topological polar surface area (TPSA) is 86.6 Å². The monoisotopic (exact) mass is 328 g/mol. The van der Waals surface area contributed by atoms with E-state index in [1.165, 1.54) is 0 Å². The number of piperazine rings is 1. The smallest absolute Gasteiger partial charge is 0.307 e. The predicted molar refractivity (Wildman–Crippen MR) is 86.2 cm³/mol. The lowest BCUT2D eigenvalue weighted by Gasteiger charge is -2.37. The molecule has 7 heteroatoms. The molecule has 0 spiro atoms. The molecular weight excluding hydrogens is 308 g/mol. The van der Waals surface area contributed by atoms with Gasteiger partial charge in [-0.1, -0.05) is 12.2 Å². The van der Waals surface area contributed by atoms with Crippen molar-refractivity contribution in [2.75, 3.05) is 31.1 Å². The Morgan fingerprint density at radius 1 is 1.00 bits per heavy atom. The molecular formula is C17H20N4O3. The number of anilines is 1. The summed E-state index contributed by atoms with van der Waals surface area (Å²) in [5.41, 5.74) is 0. The van der Waals surface area contributed by atoms with Gasteiger partial charge in [0.25, 0.3) is 0 Å². The summed E-state index contributed by atoms with van der Waals surface area (Å²) >= 11 is 0. The molecule has 1 N–H and O–H groups in total. The molecule has 1 saturated heterocycles. The number of aromatic nitrogens is 2. The van der Waals surface area contributed by atoms with Gasteiger partial charge >= 0.3 is 5.97 Å². The van der Waals surface area contributed by atoms with Gasteiger partial charge in [-0.05, 0) is 24.3 Å². The molecule has 0 unspecified atom stereocenters. The van der Waals surface area contributed by atoms with Gasteiger partial charge in [0.05, 0.1) is 11.8 Å². The number of amides is 1. The van der Waals surface area contributed by atoms with Gasteiger partial charge in [-0.25, -0.2) is 9.97 Å². The van der Waals surface area contributed by atoms with Crippen molar-refractivity contribution in [3.8, 4) is 0 Å². The Morgan fingerprint density at radius 3 is 2.25 bits per heavy atom. The van der Waals surface area contributed by atoms with Crippen LogP contribution in [-0.4, -0.2) is 58.0 Å². The average Bonchev–Trinajstić information content (AvgIpc) is 3.23. The summed E-state index contributed by atoms with van der Waals surface area (Å²) in [6.45, 7) is 2.51. The van der Waals surface area contributed by atoms with Gasteiger partial charge in [-0.3, -0.25) is 9.59 Å². The summed E-state index contributed by atoms with van der Waals surface area (Å²) in [6, 6.07) is 1.78. The van der Waals surface area contributed by atoms with E-state index in [2.05, 4.69) is 14.9 Å². The Labute approximate surface area is 140 Å². The molecule has 1 aromatic rings. The number of allylic oxidation sites excluding steroid dienone is 2. The molecule has 2 aliphatic carbocycles. The van der Waals surface area contributed by atoms with Crippen molar-refractivity contribution in [2.45, 2.75) is 6.42 Å². The van der Waals surface area contributed by atoms with Crippen LogP contribution in [0, 0.1) is 23.7 Å². The normalized spacial score (nSPS) is 31.5. The third-order valence-corrected chi connectivity index (χ3v) is 5.46. The van der Waals surface area contributed by atoms with Crippen molar-refractivity contribution < 1.29 is 14.7 Å². The average molecular weight is 328 g/mol. The molecule has 1 saturated carbocycles. The number of rotatable bonds is 3. The first-order valence-corrected chi connectivity index (χ1v) is 8.37. The standard InChI is InChI=1S/C17H20N4O3/c22-15(13-11-2-3-12(10-11)14(13)16(23)24)20-6-8-21(9-7-20)17-18-4-1-5-19-17/h1-5,11-14H,6-10H2,(H,23,24)/t11-,12+,13+,14-/m0/s1. The summed E-state index contributed by atoms with van der Waals surface area (Å²) in [7, 11) is 0. The van der Waals surface area contributed by atoms with Crippen LogP contribution in [-0.2, 0) is 9.59 Å². The lowest BCUT2D eigenvalue weighted by atomic mass is 9.82. The number of carboxylic acids is 1. The highest BCUT2D eigenvalue weighted by Gasteiger charge is 2.52. The first-order chi connectivity index (χ1) is 11.6. The molecule has 1 aromatic heterocycles. The van der Waals surface area contributed by atoms with Gasteiger partial charge in [-0.15, -0.1) is 0 Å². The Bertz CT molecular complexity index is 670. The molecule has 1 amide bonds. The molecule has 24 heavy (non-hydrogen) atoms. The van der Waals surface area contributed by atoms with Crippen LogP contribution < -0.4 is 4.90 Å².